The predicted octanol–water partition coefficient (Wildman–Crippen LogP) is 1.56. The van der Waals surface area contributed by atoms with E-state index in [1.54, 1.807) is 11.5 Å². The molecule has 1 aliphatic heterocycles. The highest BCUT2D eigenvalue weighted by atomic mass is 32.2. The molecular formula is C23H26N4O7S. The van der Waals surface area contributed by atoms with Crippen LogP contribution in [-0.2, 0) is 35.6 Å². The van der Waals surface area contributed by atoms with Crippen LogP contribution in [0.2, 0.25) is 0 Å². The zero-order valence-corrected chi connectivity index (χ0v) is 20.2. The molecule has 0 unspecified atom stereocenters. The van der Waals surface area contributed by atoms with Crippen molar-refractivity contribution in [1.29, 1.82) is 0 Å². The summed E-state index contributed by atoms with van der Waals surface area (Å²) in [5.41, 5.74) is 1.70. The molecule has 0 radical (unpaired) electrons. The van der Waals surface area contributed by atoms with Gasteiger partial charge in [-0.3, -0.25) is 9.59 Å². The lowest BCUT2D eigenvalue weighted by Gasteiger charge is -2.26. The number of nitrogens with one attached hydrogen (secondary N) is 1. The third-order valence-corrected chi connectivity index (χ3v) is 7.44. The maximum absolute atomic E-state index is 13.0. The molecule has 2 aromatic carbocycles. The van der Waals surface area contributed by atoms with Gasteiger partial charge in [0.05, 0.1) is 41.9 Å². The third-order valence-electron chi connectivity index (χ3n) is 5.55. The molecule has 0 aliphatic carbocycles. The van der Waals surface area contributed by atoms with Crippen molar-refractivity contribution in [2.45, 2.75) is 18.4 Å². The van der Waals surface area contributed by atoms with E-state index in [-0.39, 0.29) is 36.0 Å². The second-order valence-corrected chi connectivity index (χ2v) is 9.76. The van der Waals surface area contributed by atoms with Gasteiger partial charge in [0.15, 0.2) is 6.61 Å². The summed E-state index contributed by atoms with van der Waals surface area (Å²) >= 11 is 0. The molecule has 1 N–H and O–H groups in total. The summed E-state index contributed by atoms with van der Waals surface area (Å²) in [4.78, 5) is 29.3. The second kappa shape index (κ2) is 10.4. The van der Waals surface area contributed by atoms with Gasteiger partial charge in [-0.1, -0.05) is 12.1 Å². The van der Waals surface area contributed by atoms with Gasteiger partial charge in [0.2, 0.25) is 10.0 Å². The number of carbonyl (C=O) groups excluding carboxylic acids is 2. The van der Waals surface area contributed by atoms with Crippen LogP contribution in [0, 0.1) is 6.92 Å². The van der Waals surface area contributed by atoms with E-state index in [2.05, 4.69) is 10.3 Å². The van der Waals surface area contributed by atoms with E-state index in [9.17, 15) is 18.0 Å². The zero-order valence-electron chi connectivity index (χ0n) is 19.4. The highest BCUT2D eigenvalue weighted by Gasteiger charge is 2.27. The molecule has 186 valence electrons. The lowest BCUT2D eigenvalue weighted by Crippen LogP contribution is -2.40. The number of anilines is 1. The number of ether oxygens (including phenoxy) is 3. The number of benzene rings is 2. The molecule has 0 atom stereocenters. The standard InChI is InChI=1S/C23H26N4O7S/c1-16-24-18-5-3-4-6-20(18)27(16)14-23(29)34-15-22(28)25-19-13-17(7-8-21(19)32-2)35(30,31)26-9-11-33-12-10-26/h3-8,13H,9-12,14-15H2,1-2H3,(H,25,28). The number of methoxy groups -OCH3 is 1. The first-order valence-corrected chi connectivity index (χ1v) is 12.4. The highest BCUT2D eigenvalue weighted by molar-refractivity contribution is 7.89. The number of nitrogens with zero attached hydrogens (tertiary/aromatic N) is 3. The van der Waals surface area contributed by atoms with E-state index in [0.717, 1.165) is 11.0 Å². The van der Waals surface area contributed by atoms with Crippen LogP contribution in [0.5, 0.6) is 5.75 Å². The van der Waals surface area contributed by atoms with Gasteiger partial charge in [-0.2, -0.15) is 4.31 Å². The zero-order chi connectivity index (χ0) is 25.0. The fourth-order valence-corrected chi connectivity index (χ4v) is 5.22. The second-order valence-electron chi connectivity index (χ2n) is 7.82. The Balaban J connectivity index is 1.41. The average Bonchev–Trinajstić information content (AvgIpc) is 3.18. The number of aryl methyl sites for hydroxylation is 1. The molecule has 1 fully saturated rings. The number of esters is 1. The van der Waals surface area contributed by atoms with Crippen LogP contribution in [0.3, 0.4) is 0 Å². The Morgan fingerprint density at radius 3 is 2.63 bits per heavy atom. The molecule has 35 heavy (non-hydrogen) atoms. The van der Waals surface area contributed by atoms with Crippen molar-refractivity contribution in [3.05, 3.63) is 48.3 Å². The van der Waals surface area contributed by atoms with Gasteiger partial charge in [0, 0.05) is 13.1 Å². The number of carbonyl (C=O) groups is 2. The van der Waals surface area contributed by atoms with E-state index in [4.69, 9.17) is 14.2 Å². The van der Waals surface area contributed by atoms with Crippen LogP contribution in [0.1, 0.15) is 5.82 Å². The molecule has 2 heterocycles. The maximum atomic E-state index is 13.0. The summed E-state index contributed by atoms with van der Waals surface area (Å²) in [6, 6.07) is 11.6. The summed E-state index contributed by atoms with van der Waals surface area (Å²) in [6.07, 6.45) is 0. The van der Waals surface area contributed by atoms with Crippen molar-refractivity contribution in [3.63, 3.8) is 0 Å². The number of hydrogen-bond acceptors (Lipinski definition) is 8. The molecule has 1 amide bonds. The Hall–Kier alpha value is -3.48. The van der Waals surface area contributed by atoms with Gasteiger partial charge in [0.25, 0.3) is 5.91 Å². The Labute approximate surface area is 202 Å². The van der Waals surface area contributed by atoms with E-state index < -0.39 is 28.5 Å². The SMILES string of the molecule is COc1ccc(S(=O)(=O)N2CCOCC2)cc1NC(=O)COC(=O)Cn1c(C)nc2ccccc21. The van der Waals surface area contributed by atoms with Crippen LogP contribution in [-0.4, -0.2) is 74.2 Å². The molecule has 1 aliphatic rings. The first kappa shape index (κ1) is 24.6. The summed E-state index contributed by atoms with van der Waals surface area (Å²) in [6.45, 7) is 2.27. The summed E-state index contributed by atoms with van der Waals surface area (Å²) < 4.78 is 44.5. The average molecular weight is 503 g/mol. The van der Waals surface area contributed by atoms with Gasteiger partial charge in [-0.25, -0.2) is 13.4 Å². The van der Waals surface area contributed by atoms with Crippen molar-refractivity contribution in [2.75, 3.05) is 45.3 Å². The van der Waals surface area contributed by atoms with Crippen LogP contribution in [0.15, 0.2) is 47.4 Å². The molecule has 4 rings (SSSR count). The van der Waals surface area contributed by atoms with E-state index >= 15 is 0 Å². The topological polar surface area (TPSA) is 129 Å². The molecule has 0 saturated carbocycles. The van der Waals surface area contributed by atoms with Gasteiger partial charge < -0.3 is 24.1 Å². The van der Waals surface area contributed by atoms with Gasteiger partial charge in [-0.05, 0) is 37.3 Å². The van der Waals surface area contributed by atoms with Crippen molar-refractivity contribution in [2.24, 2.45) is 0 Å². The number of aromatic nitrogens is 2. The van der Waals surface area contributed by atoms with E-state index in [1.165, 1.54) is 29.6 Å². The number of para-hydroxylation sites is 2. The fraction of sp³-hybridized carbons (Fsp3) is 0.348. The molecular weight excluding hydrogens is 476 g/mol. The van der Waals surface area contributed by atoms with Crippen LogP contribution < -0.4 is 10.1 Å². The Morgan fingerprint density at radius 1 is 1.14 bits per heavy atom. The number of sulfonamides is 1. The largest absolute Gasteiger partial charge is 0.495 e. The van der Waals surface area contributed by atoms with Crippen molar-refractivity contribution in [3.8, 4) is 5.75 Å². The minimum Gasteiger partial charge on any atom is -0.495 e. The normalized spacial score (nSPS) is 14.6. The number of morpholine rings is 1. The van der Waals surface area contributed by atoms with Crippen LogP contribution in [0.25, 0.3) is 11.0 Å². The lowest BCUT2D eigenvalue weighted by molar-refractivity contribution is -0.147. The van der Waals surface area contributed by atoms with Crippen molar-refractivity contribution >= 4 is 38.6 Å². The number of amides is 1. The molecule has 0 bridgehead atoms. The first-order chi connectivity index (χ1) is 16.8. The number of imidazole rings is 1. The van der Waals surface area contributed by atoms with Crippen molar-refractivity contribution < 1.29 is 32.2 Å². The predicted molar refractivity (Wildman–Crippen MR) is 127 cm³/mol. The van der Waals surface area contributed by atoms with Gasteiger partial charge >= 0.3 is 5.97 Å². The number of hydrogen-bond donors (Lipinski definition) is 1. The van der Waals surface area contributed by atoms with E-state index in [0.29, 0.717) is 19.0 Å². The summed E-state index contributed by atoms with van der Waals surface area (Å²) in [5.74, 6) is -0.325. The molecule has 3 aromatic rings. The quantitative estimate of drug-likeness (QED) is 0.460. The molecule has 1 aromatic heterocycles. The molecule has 1 saturated heterocycles. The fourth-order valence-electron chi connectivity index (χ4n) is 3.78. The number of rotatable bonds is 8. The maximum Gasteiger partial charge on any atom is 0.326 e. The van der Waals surface area contributed by atoms with Crippen LogP contribution >= 0.6 is 0 Å². The third kappa shape index (κ3) is 5.45. The Bertz CT molecular complexity index is 1350. The van der Waals surface area contributed by atoms with E-state index in [1.807, 2.05) is 24.3 Å². The minimum absolute atomic E-state index is 0.00922. The molecule has 12 heteroatoms. The Kier molecular flexibility index (Phi) is 7.34. The smallest absolute Gasteiger partial charge is 0.326 e. The van der Waals surface area contributed by atoms with Crippen molar-refractivity contribution in [1.82, 2.24) is 13.9 Å². The van der Waals surface area contributed by atoms with Crippen LogP contribution in [0.4, 0.5) is 5.69 Å². The van der Waals surface area contributed by atoms with Gasteiger partial charge in [-0.15, -0.1) is 0 Å². The minimum atomic E-state index is -3.77. The Morgan fingerprint density at radius 2 is 1.89 bits per heavy atom. The summed E-state index contributed by atoms with van der Waals surface area (Å²) in [5, 5.41) is 2.56. The lowest BCUT2D eigenvalue weighted by atomic mass is 10.3. The molecule has 11 nitrogen and oxygen atoms in total. The molecule has 0 spiro atoms. The first-order valence-electron chi connectivity index (χ1n) is 10.9. The number of fused-ring (bicyclic) bond motifs is 1. The highest BCUT2D eigenvalue weighted by Crippen LogP contribution is 2.29. The van der Waals surface area contributed by atoms with Gasteiger partial charge in [0.1, 0.15) is 18.1 Å². The monoisotopic (exact) mass is 502 g/mol. The summed E-state index contributed by atoms with van der Waals surface area (Å²) in [7, 11) is -2.37.